The summed E-state index contributed by atoms with van der Waals surface area (Å²) in [7, 11) is 0. The molecule has 0 amide bonds. The van der Waals surface area contributed by atoms with Gasteiger partial charge < -0.3 is 4.57 Å². The highest BCUT2D eigenvalue weighted by atomic mass is 15.0. The molecule has 0 N–H and O–H groups in total. The van der Waals surface area contributed by atoms with E-state index in [0.717, 1.165) is 56.0 Å². The molecule has 0 atom stereocenters. The maximum atomic E-state index is 5.56. The second-order valence-electron chi connectivity index (χ2n) is 17.7. The predicted octanol–water partition coefficient (Wildman–Crippen LogP) is 16.3. The van der Waals surface area contributed by atoms with Crippen molar-refractivity contribution in [1.82, 2.24) is 14.5 Å². The Morgan fingerprint density at radius 1 is 0.294 bits per heavy atom. The summed E-state index contributed by atoms with van der Waals surface area (Å²) < 4.78 is 2.38. The molecule has 68 heavy (non-hydrogen) atoms. The smallest absolute Gasteiger partial charge is 0.160 e. The van der Waals surface area contributed by atoms with Gasteiger partial charge in [-0.1, -0.05) is 212 Å². The Kier molecular flexibility index (Phi) is 9.40. The first kappa shape index (κ1) is 39.4. The average molecular weight is 866 g/mol. The highest BCUT2D eigenvalue weighted by molar-refractivity contribution is 6.11. The lowest BCUT2D eigenvalue weighted by Crippen LogP contribution is -2.28. The van der Waals surface area contributed by atoms with Gasteiger partial charge in [-0.3, -0.25) is 0 Å². The summed E-state index contributed by atoms with van der Waals surface area (Å²) in [5, 5.41) is 2.41. The maximum Gasteiger partial charge on any atom is 0.160 e. The van der Waals surface area contributed by atoms with Crippen molar-refractivity contribution in [3.63, 3.8) is 0 Å². The van der Waals surface area contributed by atoms with Gasteiger partial charge in [0.1, 0.15) is 0 Å². The Morgan fingerprint density at radius 3 is 1.53 bits per heavy atom. The van der Waals surface area contributed by atoms with Gasteiger partial charge >= 0.3 is 0 Å². The van der Waals surface area contributed by atoms with Crippen LogP contribution in [0.3, 0.4) is 0 Å². The molecule has 2 heterocycles. The molecule has 0 unspecified atom stereocenters. The zero-order chi connectivity index (χ0) is 45.0. The van der Waals surface area contributed by atoms with Gasteiger partial charge in [-0.05, 0) is 104 Å². The van der Waals surface area contributed by atoms with E-state index in [1.54, 1.807) is 0 Å². The lowest BCUT2D eigenvalue weighted by Gasteiger charge is -2.34. The van der Waals surface area contributed by atoms with Crippen LogP contribution in [0.25, 0.3) is 94.8 Å². The number of fused-ring (bicyclic) bond motifs is 6. The van der Waals surface area contributed by atoms with Crippen molar-refractivity contribution < 1.29 is 0 Å². The third-order valence-electron chi connectivity index (χ3n) is 13.9. The van der Waals surface area contributed by atoms with Crippen molar-refractivity contribution in [2.45, 2.75) is 5.41 Å². The van der Waals surface area contributed by atoms with Gasteiger partial charge in [0.05, 0.1) is 27.8 Å². The van der Waals surface area contributed by atoms with Crippen molar-refractivity contribution in [1.29, 1.82) is 0 Å². The van der Waals surface area contributed by atoms with Gasteiger partial charge in [-0.25, -0.2) is 9.97 Å². The van der Waals surface area contributed by atoms with Crippen LogP contribution in [0.4, 0.5) is 0 Å². The third kappa shape index (κ3) is 6.35. The number of benzene rings is 10. The fourth-order valence-corrected chi connectivity index (χ4v) is 10.8. The van der Waals surface area contributed by atoms with Crippen molar-refractivity contribution in [3.05, 3.63) is 283 Å². The first-order chi connectivity index (χ1) is 33.7. The first-order valence-electron chi connectivity index (χ1n) is 23.3. The minimum atomic E-state index is -0.597. The van der Waals surface area contributed by atoms with Crippen LogP contribution in [0.15, 0.2) is 261 Å². The van der Waals surface area contributed by atoms with E-state index in [1.807, 2.05) is 6.07 Å². The molecule has 2 aromatic heterocycles. The fourth-order valence-electron chi connectivity index (χ4n) is 10.8. The normalized spacial score (nSPS) is 12.5. The van der Waals surface area contributed by atoms with E-state index in [0.29, 0.717) is 5.82 Å². The van der Waals surface area contributed by atoms with Crippen molar-refractivity contribution in [2.75, 3.05) is 0 Å². The van der Waals surface area contributed by atoms with Gasteiger partial charge in [0.25, 0.3) is 0 Å². The van der Waals surface area contributed by atoms with E-state index in [-0.39, 0.29) is 0 Å². The summed E-state index contributed by atoms with van der Waals surface area (Å²) in [6.07, 6.45) is 0. The topological polar surface area (TPSA) is 30.7 Å². The van der Waals surface area contributed by atoms with Gasteiger partial charge in [-0.2, -0.15) is 0 Å². The van der Waals surface area contributed by atoms with E-state index in [4.69, 9.17) is 9.97 Å². The number of hydrogen-bond acceptors (Lipinski definition) is 2. The van der Waals surface area contributed by atoms with Crippen LogP contribution in [-0.2, 0) is 5.41 Å². The van der Waals surface area contributed by atoms with Crippen LogP contribution in [0.2, 0.25) is 0 Å². The standard InChI is InChI=1S/C65H43N3/c1-6-20-44(21-7-1)45-34-36-46(37-35-45)60-43-61(67-64(66-60)47-22-8-2-9-23-47)56-42-59-55(52-30-16-18-32-58(52)65(59,49-24-10-3-11-25-49)50-26-12-4-13-27-50)41-54(56)48-38-39-63-57(40-48)53-31-17-19-33-62(53)68(63)51-28-14-5-15-29-51/h1-43H. The molecular formula is C65H43N3. The zero-order valence-corrected chi connectivity index (χ0v) is 37.2. The SMILES string of the molecule is c1ccc(-c2ccc(-c3cc(-c4cc5c(cc4-c4ccc6c(c4)c4ccccc4n6-c4ccccc4)-c4ccccc4C5(c4ccccc4)c4ccccc4)nc(-c4ccccc4)n3)cc2)cc1. The van der Waals surface area contributed by atoms with Crippen LogP contribution < -0.4 is 0 Å². The molecule has 0 radical (unpaired) electrons. The minimum Gasteiger partial charge on any atom is -0.309 e. The molecule has 0 fully saturated rings. The van der Waals surface area contributed by atoms with Crippen LogP contribution in [0.1, 0.15) is 22.3 Å². The van der Waals surface area contributed by atoms with E-state index in [2.05, 4.69) is 259 Å². The highest BCUT2D eigenvalue weighted by Gasteiger charge is 2.46. The molecule has 0 bridgehead atoms. The second kappa shape index (κ2) is 16.2. The van der Waals surface area contributed by atoms with Crippen LogP contribution in [-0.4, -0.2) is 14.5 Å². The number of para-hydroxylation sites is 2. The Morgan fingerprint density at radius 2 is 0.824 bits per heavy atom. The van der Waals surface area contributed by atoms with Gasteiger partial charge in [-0.15, -0.1) is 0 Å². The molecule has 0 saturated carbocycles. The van der Waals surface area contributed by atoms with Crippen LogP contribution >= 0.6 is 0 Å². The summed E-state index contributed by atoms with van der Waals surface area (Å²) in [6, 6.07) is 94.3. The first-order valence-corrected chi connectivity index (χ1v) is 23.3. The Labute approximate surface area is 396 Å². The summed E-state index contributed by atoms with van der Waals surface area (Å²) >= 11 is 0. The van der Waals surface area contributed by atoms with Gasteiger partial charge in [0.15, 0.2) is 5.82 Å². The predicted molar refractivity (Wildman–Crippen MR) is 281 cm³/mol. The number of nitrogens with zero attached hydrogens (tertiary/aromatic N) is 3. The van der Waals surface area contributed by atoms with Crippen molar-refractivity contribution in [3.8, 4) is 73.0 Å². The van der Waals surface area contributed by atoms with Gasteiger partial charge in [0.2, 0.25) is 0 Å². The third-order valence-corrected chi connectivity index (χ3v) is 13.9. The average Bonchev–Trinajstić information content (AvgIpc) is 3.91. The van der Waals surface area contributed by atoms with Crippen molar-refractivity contribution >= 4 is 21.8 Å². The summed E-state index contributed by atoms with van der Waals surface area (Å²) in [4.78, 5) is 10.9. The molecule has 318 valence electrons. The molecule has 3 nitrogen and oxygen atoms in total. The highest BCUT2D eigenvalue weighted by Crippen LogP contribution is 2.58. The monoisotopic (exact) mass is 865 g/mol. The van der Waals surface area contributed by atoms with Gasteiger partial charge in [0, 0.05) is 33.2 Å². The Balaban J connectivity index is 1.12. The van der Waals surface area contributed by atoms with E-state index in [1.165, 1.54) is 55.2 Å². The summed E-state index contributed by atoms with van der Waals surface area (Å²) in [5.74, 6) is 0.679. The molecule has 1 aliphatic carbocycles. The second-order valence-corrected chi connectivity index (χ2v) is 17.7. The molecule has 13 rings (SSSR count). The van der Waals surface area contributed by atoms with E-state index < -0.39 is 5.41 Å². The number of aromatic nitrogens is 3. The molecule has 0 spiro atoms. The number of rotatable bonds is 8. The molecule has 3 heteroatoms. The lowest BCUT2D eigenvalue weighted by atomic mass is 9.67. The zero-order valence-electron chi connectivity index (χ0n) is 37.2. The minimum absolute atomic E-state index is 0.597. The quantitative estimate of drug-likeness (QED) is 0.152. The van der Waals surface area contributed by atoms with Crippen LogP contribution in [0.5, 0.6) is 0 Å². The molecule has 0 aliphatic heterocycles. The number of hydrogen-bond donors (Lipinski definition) is 0. The molecule has 0 saturated heterocycles. The summed E-state index contributed by atoms with van der Waals surface area (Å²) in [6.45, 7) is 0. The lowest BCUT2D eigenvalue weighted by molar-refractivity contribution is 0.769. The van der Waals surface area contributed by atoms with Crippen LogP contribution in [0, 0.1) is 0 Å². The fraction of sp³-hybridized carbons (Fsp3) is 0.0154. The maximum absolute atomic E-state index is 5.56. The van der Waals surface area contributed by atoms with Crippen molar-refractivity contribution in [2.24, 2.45) is 0 Å². The van der Waals surface area contributed by atoms with E-state index in [9.17, 15) is 0 Å². The summed E-state index contributed by atoms with van der Waals surface area (Å²) in [5.41, 5.74) is 19.6. The largest absolute Gasteiger partial charge is 0.309 e. The Hall–Kier alpha value is -8.92. The molecule has 12 aromatic rings. The molecule has 10 aromatic carbocycles. The molecule has 1 aliphatic rings. The van der Waals surface area contributed by atoms with E-state index >= 15 is 0 Å². The Bertz CT molecular complexity index is 3770. The molecular weight excluding hydrogens is 823 g/mol.